The lowest BCUT2D eigenvalue weighted by Crippen LogP contribution is -1.83. The molecular weight excluding hydrogens is 162 g/mol. The molecule has 0 amide bonds. The summed E-state index contributed by atoms with van der Waals surface area (Å²) in [5.74, 6) is 0.557. The molecule has 0 saturated carbocycles. The molecule has 3 heteroatoms. The van der Waals surface area contributed by atoms with Crippen molar-refractivity contribution in [1.29, 1.82) is 0 Å². The van der Waals surface area contributed by atoms with Crippen molar-refractivity contribution >= 4 is 22.8 Å². The van der Waals surface area contributed by atoms with Crippen LogP contribution in [0, 0.1) is 0 Å². The number of fused-ring (bicyclic) bond motifs is 1. The van der Waals surface area contributed by atoms with Crippen LogP contribution in [0.3, 0.4) is 0 Å². The number of nitrogens with two attached hydrogens (primary N) is 1. The second-order valence-corrected chi connectivity index (χ2v) is 2.91. The van der Waals surface area contributed by atoms with E-state index in [9.17, 15) is 0 Å². The minimum atomic E-state index is 0.557. The fraction of sp³-hybridized carbons (Fsp3) is 0.100. The molecule has 0 aliphatic heterocycles. The molecule has 0 bridgehead atoms. The van der Waals surface area contributed by atoms with Crippen molar-refractivity contribution in [2.24, 2.45) is 0 Å². The fourth-order valence-electron chi connectivity index (χ4n) is 1.35. The lowest BCUT2D eigenvalue weighted by Gasteiger charge is -1.93. The molecule has 0 radical (unpaired) electrons. The average molecular weight is 173 g/mol. The second kappa shape index (κ2) is 2.94. The normalized spacial score (nSPS) is 11.5. The SMILES string of the molecule is C/C=C/c1ccc2[nH]nc(N)c2c1. The number of allylic oxidation sites excluding steroid dienone is 1. The van der Waals surface area contributed by atoms with E-state index in [2.05, 4.69) is 10.2 Å². The molecule has 66 valence electrons. The van der Waals surface area contributed by atoms with Crippen molar-refractivity contribution in [3.8, 4) is 0 Å². The molecule has 0 saturated heterocycles. The molecule has 2 rings (SSSR count). The zero-order valence-corrected chi connectivity index (χ0v) is 7.41. The van der Waals surface area contributed by atoms with Crippen molar-refractivity contribution in [1.82, 2.24) is 10.2 Å². The summed E-state index contributed by atoms with van der Waals surface area (Å²) in [6.45, 7) is 1.99. The first-order valence-corrected chi connectivity index (χ1v) is 4.17. The van der Waals surface area contributed by atoms with E-state index in [0.29, 0.717) is 5.82 Å². The highest BCUT2D eigenvalue weighted by Gasteiger charge is 2.00. The smallest absolute Gasteiger partial charge is 0.153 e. The van der Waals surface area contributed by atoms with E-state index in [-0.39, 0.29) is 0 Å². The van der Waals surface area contributed by atoms with Crippen LogP contribution in [-0.2, 0) is 0 Å². The number of benzene rings is 1. The van der Waals surface area contributed by atoms with Crippen LogP contribution in [0.5, 0.6) is 0 Å². The largest absolute Gasteiger partial charge is 0.382 e. The topological polar surface area (TPSA) is 54.7 Å². The fourth-order valence-corrected chi connectivity index (χ4v) is 1.35. The van der Waals surface area contributed by atoms with Crippen LogP contribution < -0.4 is 5.73 Å². The van der Waals surface area contributed by atoms with Crippen molar-refractivity contribution in [3.63, 3.8) is 0 Å². The minimum absolute atomic E-state index is 0.557. The maximum atomic E-state index is 5.67. The lowest BCUT2D eigenvalue weighted by atomic mass is 10.1. The molecule has 0 spiro atoms. The Labute approximate surface area is 76.3 Å². The number of aromatic nitrogens is 2. The third kappa shape index (κ3) is 1.28. The van der Waals surface area contributed by atoms with E-state index in [0.717, 1.165) is 16.5 Å². The van der Waals surface area contributed by atoms with Gasteiger partial charge in [-0.15, -0.1) is 0 Å². The summed E-state index contributed by atoms with van der Waals surface area (Å²) in [5.41, 5.74) is 7.79. The lowest BCUT2D eigenvalue weighted by molar-refractivity contribution is 1.13. The molecule has 1 aromatic carbocycles. The zero-order valence-electron chi connectivity index (χ0n) is 7.41. The Morgan fingerprint density at radius 1 is 1.46 bits per heavy atom. The maximum Gasteiger partial charge on any atom is 0.153 e. The Hall–Kier alpha value is -1.77. The van der Waals surface area contributed by atoms with Crippen LogP contribution in [0.15, 0.2) is 24.3 Å². The maximum absolute atomic E-state index is 5.67. The van der Waals surface area contributed by atoms with Gasteiger partial charge in [0.1, 0.15) is 0 Å². The molecule has 13 heavy (non-hydrogen) atoms. The van der Waals surface area contributed by atoms with Crippen molar-refractivity contribution < 1.29 is 0 Å². The van der Waals surface area contributed by atoms with E-state index >= 15 is 0 Å². The summed E-state index contributed by atoms with van der Waals surface area (Å²) in [6.07, 6.45) is 4.03. The van der Waals surface area contributed by atoms with E-state index in [1.54, 1.807) is 0 Å². The molecular formula is C10H11N3. The van der Waals surface area contributed by atoms with Crippen LogP contribution in [-0.4, -0.2) is 10.2 Å². The first-order chi connectivity index (χ1) is 6.31. The Bertz CT molecular complexity index is 454. The van der Waals surface area contributed by atoms with Gasteiger partial charge in [-0.3, -0.25) is 5.10 Å². The highest BCUT2D eigenvalue weighted by Crippen LogP contribution is 2.19. The second-order valence-electron chi connectivity index (χ2n) is 2.91. The number of nitrogens with zero attached hydrogens (tertiary/aromatic N) is 1. The Balaban J connectivity index is 2.65. The van der Waals surface area contributed by atoms with Gasteiger partial charge in [-0.05, 0) is 24.6 Å². The summed E-state index contributed by atoms with van der Waals surface area (Å²) in [5, 5.41) is 7.77. The van der Waals surface area contributed by atoms with Crippen molar-refractivity contribution in [3.05, 3.63) is 29.8 Å². The molecule has 3 nitrogen and oxygen atoms in total. The van der Waals surface area contributed by atoms with Gasteiger partial charge in [0.2, 0.25) is 0 Å². The number of nitrogens with one attached hydrogen (secondary N) is 1. The molecule has 0 unspecified atom stereocenters. The predicted molar refractivity (Wildman–Crippen MR) is 55.2 cm³/mol. The third-order valence-corrected chi connectivity index (χ3v) is 1.98. The van der Waals surface area contributed by atoms with Gasteiger partial charge in [0.25, 0.3) is 0 Å². The Morgan fingerprint density at radius 2 is 2.31 bits per heavy atom. The quantitative estimate of drug-likeness (QED) is 0.694. The first kappa shape index (κ1) is 7.86. The van der Waals surface area contributed by atoms with Gasteiger partial charge in [-0.25, -0.2) is 0 Å². The monoisotopic (exact) mass is 173 g/mol. The van der Waals surface area contributed by atoms with Crippen LogP contribution in [0.4, 0.5) is 5.82 Å². The molecule has 0 aliphatic carbocycles. The van der Waals surface area contributed by atoms with Crippen LogP contribution in [0.25, 0.3) is 17.0 Å². The molecule has 0 aliphatic rings. The van der Waals surface area contributed by atoms with Crippen LogP contribution in [0.2, 0.25) is 0 Å². The molecule has 0 atom stereocenters. The number of hydrogen-bond acceptors (Lipinski definition) is 2. The van der Waals surface area contributed by atoms with E-state index in [1.807, 2.05) is 37.3 Å². The van der Waals surface area contributed by atoms with Crippen LogP contribution >= 0.6 is 0 Å². The Morgan fingerprint density at radius 3 is 3.08 bits per heavy atom. The van der Waals surface area contributed by atoms with Crippen LogP contribution in [0.1, 0.15) is 12.5 Å². The number of aromatic amines is 1. The first-order valence-electron chi connectivity index (χ1n) is 4.17. The number of nitrogen functional groups attached to an aromatic ring is 1. The van der Waals surface area contributed by atoms with Gasteiger partial charge in [-0.2, -0.15) is 5.10 Å². The van der Waals surface area contributed by atoms with Gasteiger partial charge in [-0.1, -0.05) is 18.2 Å². The predicted octanol–water partition coefficient (Wildman–Crippen LogP) is 2.18. The third-order valence-electron chi connectivity index (χ3n) is 1.98. The van der Waals surface area contributed by atoms with Crippen molar-refractivity contribution in [2.45, 2.75) is 6.92 Å². The number of H-pyrrole nitrogens is 1. The van der Waals surface area contributed by atoms with E-state index < -0.39 is 0 Å². The molecule has 2 aromatic rings. The number of hydrogen-bond donors (Lipinski definition) is 2. The minimum Gasteiger partial charge on any atom is -0.382 e. The van der Waals surface area contributed by atoms with Gasteiger partial charge in [0.05, 0.1) is 5.52 Å². The summed E-state index contributed by atoms with van der Waals surface area (Å²) in [4.78, 5) is 0. The van der Waals surface area contributed by atoms with E-state index in [1.165, 1.54) is 0 Å². The summed E-state index contributed by atoms with van der Waals surface area (Å²) >= 11 is 0. The molecule has 3 N–H and O–H groups in total. The number of anilines is 1. The van der Waals surface area contributed by atoms with Gasteiger partial charge in [0, 0.05) is 5.39 Å². The molecule has 0 fully saturated rings. The summed E-state index contributed by atoms with van der Waals surface area (Å²) < 4.78 is 0. The summed E-state index contributed by atoms with van der Waals surface area (Å²) in [7, 11) is 0. The highest BCUT2D eigenvalue weighted by molar-refractivity contribution is 5.90. The average Bonchev–Trinajstić information content (AvgIpc) is 2.49. The van der Waals surface area contributed by atoms with Gasteiger partial charge in [0.15, 0.2) is 5.82 Å². The summed E-state index contributed by atoms with van der Waals surface area (Å²) in [6, 6.07) is 6.03. The highest BCUT2D eigenvalue weighted by atomic mass is 15.1. The standard InChI is InChI=1S/C10H11N3/c1-2-3-7-4-5-9-8(6-7)10(11)13-12-9/h2-6H,1H3,(H3,11,12,13)/b3-2+. The zero-order chi connectivity index (χ0) is 9.26. The molecule has 1 heterocycles. The Kier molecular flexibility index (Phi) is 1.77. The number of rotatable bonds is 1. The van der Waals surface area contributed by atoms with Gasteiger partial charge < -0.3 is 5.73 Å². The van der Waals surface area contributed by atoms with E-state index in [4.69, 9.17) is 5.73 Å². The van der Waals surface area contributed by atoms with Crippen molar-refractivity contribution in [2.75, 3.05) is 5.73 Å². The van der Waals surface area contributed by atoms with Gasteiger partial charge >= 0.3 is 0 Å². The molecule has 1 aromatic heterocycles.